The van der Waals surface area contributed by atoms with Crippen LogP contribution in [0.4, 0.5) is 0 Å². The van der Waals surface area contributed by atoms with Gasteiger partial charge in [0.05, 0.1) is 17.7 Å². The lowest BCUT2D eigenvalue weighted by molar-refractivity contribution is 0.0469. The quantitative estimate of drug-likeness (QED) is 0.909. The van der Waals surface area contributed by atoms with Crippen molar-refractivity contribution in [3.63, 3.8) is 0 Å². The van der Waals surface area contributed by atoms with Crippen molar-refractivity contribution in [2.45, 2.75) is 19.4 Å². The molecule has 19 heavy (non-hydrogen) atoms. The fourth-order valence-corrected chi connectivity index (χ4v) is 1.91. The molecule has 1 amide bonds. The number of carbonyl (C=O) groups excluding carboxylic acids is 1. The van der Waals surface area contributed by atoms with Gasteiger partial charge in [0.1, 0.15) is 0 Å². The smallest absolute Gasteiger partial charge is 0.275 e. The van der Waals surface area contributed by atoms with Crippen molar-refractivity contribution in [1.29, 1.82) is 0 Å². The first-order valence-corrected chi connectivity index (χ1v) is 6.19. The van der Waals surface area contributed by atoms with Crippen molar-refractivity contribution >= 4 is 16.8 Å². The fraction of sp³-hybridized carbons (Fsp3) is 0.429. The number of aliphatic hydroxyl groups excluding tert-OH is 1. The number of amides is 1. The molecule has 5 nitrogen and oxygen atoms in total. The summed E-state index contributed by atoms with van der Waals surface area (Å²) in [5.41, 5.74) is 0.721. The van der Waals surface area contributed by atoms with Gasteiger partial charge in [0, 0.05) is 19.5 Å². The molecule has 0 aliphatic carbocycles. The lowest BCUT2D eigenvalue weighted by Gasteiger charge is -2.33. The number of fused-ring (bicyclic) bond motifs is 1. The molecular formula is C14H19N3O2. The van der Waals surface area contributed by atoms with Crippen LogP contribution in [0.25, 0.3) is 10.9 Å². The average molecular weight is 261 g/mol. The molecule has 0 atom stereocenters. The second kappa shape index (κ2) is 4.66. The number of carbonyl (C=O) groups is 1. The Hall–Kier alpha value is -1.88. The second-order valence-electron chi connectivity index (χ2n) is 5.32. The van der Waals surface area contributed by atoms with E-state index in [9.17, 15) is 9.90 Å². The van der Waals surface area contributed by atoms with Crippen LogP contribution in [0.2, 0.25) is 0 Å². The summed E-state index contributed by atoms with van der Waals surface area (Å²) in [6.07, 6.45) is 0. The highest BCUT2D eigenvalue weighted by atomic mass is 16.3. The first-order valence-electron chi connectivity index (χ1n) is 6.19. The van der Waals surface area contributed by atoms with Crippen LogP contribution in [0.3, 0.4) is 0 Å². The summed E-state index contributed by atoms with van der Waals surface area (Å²) in [5, 5.41) is 14.5. The second-order valence-corrected chi connectivity index (χ2v) is 5.32. The van der Waals surface area contributed by atoms with E-state index in [0.29, 0.717) is 5.69 Å². The first-order chi connectivity index (χ1) is 8.88. The number of aliphatic hydroxyl groups is 1. The molecule has 1 aromatic carbocycles. The Balaban J connectivity index is 2.48. The van der Waals surface area contributed by atoms with E-state index in [-0.39, 0.29) is 12.5 Å². The van der Waals surface area contributed by atoms with E-state index >= 15 is 0 Å². The Morgan fingerprint density at radius 2 is 2.05 bits per heavy atom. The largest absolute Gasteiger partial charge is 0.394 e. The van der Waals surface area contributed by atoms with Gasteiger partial charge >= 0.3 is 0 Å². The van der Waals surface area contributed by atoms with Gasteiger partial charge in [0.2, 0.25) is 0 Å². The van der Waals surface area contributed by atoms with E-state index in [0.717, 1.165) is 10.9 Å². The number of para-hydroxylation sites is 1. The molecule has 2 rings (SSSR count). The zero-order valence-electron chi connectivity index (χ0n) is 11.7. The normalized spacial score (nSPS) is 11.8. The predicted octanol–water partition coefficient (Wildman–Crippen LogP) is 1.42. The minimum Gasteiger partial charge on any atom is -0.394 e. The van der Waals surface area contributed by atoms with Crippen molar-refractivity contribution < 1.29 is 9.90 Å². The third kappa shape index (κ3) is 2.21. The summed E-state index contributed by atoms with van der Waals surface area (Å²) in [6.45, 7) is 3.53. The number of hydrogen-bond acceptors (Lipinski definition) is 3. The lowest BCUT2D eigenvalue weighted by Crippen LogP contribution is -2.47. The molecular weight excluding hydrogens is 242 g/mol. The highest BCUT2D eigenvalue weighted by molar-refractivity contribution is 6.05. The number of likely N-dealkylation sites (N-methyl/N-ethyl adjacent to an activating group) is 1. The predicted molar refractivity (Wildman–Crippen MR) is 74.0 cm³/mol. The van der Waals surface area contributed by atoms with Gasteiger partial charge in [-0.25, -0.2) is 0 Å². The van der Waals surface area contributed by atoms with Crippen LogP contribution < -0.4 is 0 Å². The summed E-state index contributed by atoms with van der Waals surface area (Å²) in [7, 11) is 3.50. The molecule has 0 saturated carbocycles. The van der Waals surface area contributed by atoms with Gasteiger partial charge in [0.15, 0.2) is 5.69 Å². The molecule has 0 aliphatic heterocycles. The zero-order chi connectivity index (χ0) is 14.2. The molecule has 0 unspecified atom stereocenters. The van der Waals surface area contributed by atoms with Crippen molar-refractivity contribution in [2.75, 3.05) is 13.7 Å². The maximum atomic E-state index is 12.5. The van der Waals surface area contributed by atoms with Crippen LogP contribution in [0.15, 0.2) is 24.3 Å². The van der Waals surface area contributed by atoms with Gasteiger partial charge in [-0.1, -0.05) is 18.2 Å². The Morgan fingerprint density at radius 3 is 2.68 bits per heavy atom. The fourth-order valence-electron chi connectivity index (χ4n) is 1.91. The summed E-state index contributed by atoms with van der Waals surface area (Å²) < 4.78 is 1.70. The lowest BCUT2D eigenvalue weighted by atomic mass is 10.0. The van der Waals surface area contributed by atoms with Crippen LogP contribution in [0.1, 0.15) is 24.3 Å². The Labute approximate surface area is 112 Å². The molecule has 0 bridgehead atoms. The van der Waals surface area contributed by atoms with Crippen LogP contribution in [0.5, 0.6) is 0 Å². The van der Waals surface area contributed by atoms with Crippen molar-refractivity contribution in [3.8, 4) is 0 Å². The maximum absolute atomic E-state index is 12.5. The first kappa shape index (κ1) is 13.5. The molecule has 0 saturated heterocycles. The summed E-state index contributed by atoms with van der Waals surface area (Å²) in [6, 6.07) is 7.61. The third-order valence-corrected chi connectivity index (χ3v) is 3.56. The number of rotatable bonds is 3. The van der Waals surface area contributed by atoms with Crippen molar-refractivity contribution in [3.05, 3.63) is 30.0 Å². The highest BCUT2D eigenvalue weighted by Crippen LogP contribution is 2.21. The Kier molecular flexibility index (Phi) is 3.32. The monoisotopic (exact) mass is 261 g/mol. The molecule has 0 radical (unpaired) electrons. The Morgan fingerprint density at radius 1 is 1.42 bits per heavy atom. The zero-order valence-corrected chi connectivity index (χ0v) is 11.7. The molecule has 0 fully saturated rings. The molecule has 1 aromatic heterocycles. The molecule has 1 heterocycles. The molecule has 5 heteroatoms. The number of aryl methyl sites for hydroxylation is 1. The van der Waals surface area contributed by atoms with E-state index < -0.39 is 5.54 Å². The SMILES string of the molecule is CN(C(=O)c1nn(C)c2ccccc12)C(C)(C)CO. The van der Waals surface area contributed by atoms with E-state index in [4.69, 9.17) is 0 Å². The van der Waals surface area contributed by atoms with Gasteiger partial charge in [-0.15, -0.1) is 0 Å². The van der Waals surface area contributed by atoms with E-state index in [1.807, 2.05) is 45.2 Å². The number of hydrogen-bond donors (Lipinski definition) is 1. The van der Waals surface area contributed by atoms with E-state index in [1.54, 1.807) is 11.7 Å². The van der Waals surface area contributed by atoms with Gasteiger partial charge < -0.3 is 10.0 Å². The standard InChI is InChI=1S/C14H19N3O2/c1-14(2,9-18)16(3)13(19)12-10-7-5-6-8-11(10)17(4)15-12/h5-8,18H,9H2,1-4H3. The summed E-state index contributed by atoms with van der Waals surface area (Å²) in [5.74, 6) is -0.184. The maximum Gasteiger partial charge on any atom is 0.275 e. The number of benzene rings is 1. The van der Waals surface area contributed by atoms with Gasteiger partial charge in [-0.05, 0) is 19.9 Å². The molecule has 0 spiro atoms. The molecule has 1 N–H and O–H groups in total. The molecule has 102 valence electrons. The summed E-state index contributed by atoms with van der Waals surface area (Å²) in [4.78, 5) is 14.0. The Bertz CT molecular complexity index is 616. The van der Waals surface area contributed by atoms with E-state index in [1.165, 1.54) is 4.90 Å². The van der Waals surface area contributed by atoms with Crippen molar-refractivity contribution in [2.24, 2.45) is 7.05 Å². The topological polar surface area (TPSA) is 58.4 Å². The van der Waals surface area contributed by atoms with Crippen LogP contribution in [-0.4, -0.2) is 44.9 Å². The molecule has 0 aliphatic rings. The number of aromatic nitrogens is 2. The minimum atomic E-state index is -0.615. The number of nitrogens with zero attached hydrogens (tertiary/aromatic N) is 3. The van der Waals surface area contributed by atoms with Gasteiger partial charge in [-0.2, -0.15) is 5.10 Å². The van der Waals surface area contributed by atoms with Crippen LogP contribution >= 0.6 is 0 Å². The van der Waals surface area contributed by atoms with Crippen LogP contribution in [0, 0.1) is 0 Å². The third-order valence-electron chi connectivity index (χ3n) is 3.56. The van der Waals surface area contributed by atoms with Crippen molar-refractivity contribution in [1.82, 2.24) is 14.7 Å². The van der Waals surface area contributed by atoms with Crippen LogP contribution in [-0.2, 0) is 7.05 Å². The highest BCUT2D eigenvalue weighted by Gasteiger charge is 2.30. The van der Waals surface area contributed by atoms with Gasteiger partial charge in [-0.3, -0.25) is 9.48 Å². The molecule has 2 aromatic rings. The van der Waals surface area contributed by atoms with E-state index in [2.05, 4.69) is 5.10 Å². The van der Waals surface area contributed by atoms with Gasteiger partial charge in [0.25, 0.3) is 5.91 Å². The minimum absolute atomic E-state index is 0.0972. The average Bonchev–Trinajstić information content (AvgIpc) is 2.75. The summed E-state index contributed by atoms with van der Waals surface area (Å²) >= 11 is 0.